The molecule has 3 heteroatoms. The molecule has 0 aliphatic carbocycles. The Morgan fingerprint density at radius 1 is 0.917 bits per heavy atom. The highest BCUT2D eigenvalue weighted by molar-refractivity contribution is 6.35. The third-order valence-corrected chi connectivity index (χ3v) is 4.59. The zero-order chi connectivity index (χ0) is 16.7. The Hall–Kier alpha value is -2.71. The summed E-state index contributed by atoms with van der Waals surface area (Å²) in [6.45, 7) is 2.06. The summed E-state index contributed by atoms with van der Waals surface area (Å²) in [6, 6.07) is 20.9. The third-order valence-electron chi connectivity index (χ3n) is 4.26. The average molecular weight is 332 g/mol. The van der Waals surface area contributed by atoms with E-state index in [1.165, 1.54) is 5.56 Å². The topological polar surface area (TPSA) is 30.0 Å². The van der Waals surface area contributed by atoms with Gasteiger partial charge in [0, 0.05) is 21.9 Å². The van der Waals surface area contributed by atoms with E-state index in [0.29, 0.717) is 21.7 Å². The molecule has 116 valence electrons. The van der Waals surface area contributed by atoms with Crippen molar-refractivity contribution in [3.8, 4) is 0 Å². The van der Waals surface area contributed by atoms with Gasteiger partial charge in [0.05, 0.1) is 16.1 Å². The van der Waals surface area contributed by atoms with E-state index in [4.69, 9.17) is 16.6 Å². The minimum Gasteiger partial charge on any atom is -0.288 e. The molecule has 4 aromatic rings. The van der Waals surface area contributed by atoms with Gasteiger partial charge in [0.15, 0.2) is 5.78 Å². The second-order valence-electron chi connectivity index (χ2n) is 5.82. The molecule has 0 aliphatic heterocycles. The van der Waals surface area contributed by atoms with E-state index in [2.05, 4.69) is 19.1 Å². The van der Waals surface area contributed by atoms with Crippen molar-refractivity contribution in [2.75, 3.05) is 0 Å². The van der Waals surface area contributed by atoms with Crippen molar-refractivity contribution < 1.29 is 4.79 Å². The van der Waals surface area contributed by atoms with Gasteiger partial charge in [-0.05, 0) is 42.8 Å². The second-order valence-corrected chi connectivity index (χ2v) is 6.22. The molecule has 1 heterocycles. The summed E-state index contributed by atoms with van der Waals surface area (Å²) in [6.07, 6.45) is 0. The van der Waals surface area contributed by atoms with Crippen LogP contribution in [0.25, 0.3) is 21.8 Å². The van der Waals surface area contributed by atoms with Gasteiger partial charge in [-0.2, -0.15) is 0 Å². The first-order valence-corrected chi connectivity index (χ1v) is 8.11. The largest absolute Gasteiger partial charge is 0.288 e. The molecule has 0 spiro atoms. The molecule has 0 unspecified atom stereocenters. The van der Waals surface area contributed by atoms with Crippen LogP contribution in [0.1, 0.15) is 21.5 Å². The van der Waals surface area contributed by atoms with Crippen LogP contribution in [0.3, 0.4) is 0 Å². The fourth-order valence-electron chi connectivity index (χ4n) is 3.00. The van der Waals surface area contributed by atoms with Gasteiger partial charge < -0.3 is 0 Å². The Labute approximate surface area is 144 Å². The molecule has 0 bridgehead atoms. The maximum absolute atomic E-state index is 13.0. The minimum atomic E-state index is -0.106. The van der Waals surface area contributed by atoms with Crippen molar-refractivity contribution in [1.29, 1.82) is 0 Å². The van der Waals surface area contributed by atoms with Gasteiger partial charge in [-0.25, -0.2) is 4.98 Å². The monoisotopic (exact) mass is 331 g/mol. The molecule has 24 heavy (non-hydrogen) atoms. The molecule has 0 N–H and O–H groups in total. The molecule has 0 radical (unpaired) electrons. The number of halogens is 1. The normalized spacial score (nSPS) is 11.1. The Balaban J connectivity index is 1.99. The highest BCUT2D eigenvalue weighted by atomic mass is 35.5. The average Bonchev–Trinajstić information content (AvgIpc) is 2.60. The maximum atomic E-state index is 13.0. The van der Waals surface area contributed by atoms with Crippen LogP contribution in [-0.4, -0.2) is 10.8 Å². The van der Waals surface area contributed by atoms with E-state index in [1.54, 1.807) is 12.1 Å². The van der Waals surface area contributed by atoms with Gasteiger partial charge in [0.25, 0.3) is 0 Å². The van der Waals surface area contributed by atoms with E-state index in [0.717, 1.165) is 16.3 Å². The molecular formula is C21H14ClNO. The fourth-order valence-corrected chi connectivity index (χ4v) is 3.22. The molecule has 0 aliphatic rings. The van der Waals surface area contributed by atoms with Gasteiger partial charge in [0.2, 0.25) is 0 Å². The van der Waals surface area contributed by atoms with Crippen LogP contribution in [0.5, 0.6) is 0 Å². The number of hydrogen-bond acceptors (Lipinski definition) is 2. The summed E-state index contributed by atoms with van der Waals surface area (Å²) in [5.74, 6) is -0.106. The summed E-state index contributed by atoms with van der Waals surface area (Å²) in [4.78, 5) is 17.7. The van der Waals surface area contributed by atoms with Crippen molar-refractivity contribution >= 4 is 39.2 Å². The maximum Gasteiger partial charge on any atom is 0.196 e. The van der Waals surface area contributed by atoms with Crippen LogP contribution >= 0.6 is 11.6 Å². The van der Waals surface area contributed by atoms with Crippen molar-refractivity contribution in [3.05, 3.63) is 88.4 Å². The highest BCUT2D eigenvalue weighted by Crippen LogP contribution is 2.27. The molecule has 2 nitrogen and oxygen atoms in total. The van der Waals surface area contributed by atoms with Gasteiger partial charge in [-0.15, -0.1) is 0 Å². The number of aromatic nitrogens is 1. The molecule has 0 saturated carbocycles. The second kappa shape index (κ2) is 5.73. The standard InChI is InChI=1S/C21H14ClNO/c1-13-6-4-11-19-17(13)12-14-7-5-9-16(20(14)23-19)21(24)15-8-2-3-10-18(15)22/h2-12H,1H3. The number of fused-ring (bicyclic) bond motifs is 2. The Morgan fingerprint density at radius 3 is 2.50 bits per heavy atom. The smallest absolute Gasteiger partial charge is 0.196 e. The lowest BCUT2D eigenvalue weighted by atomic mass is 9.99. The summed E-state index contributed by atoms with van der Waals surface area (Å²) in [5.41, 5.74) is 3.84. The molecule has 0 fully saturated rings. The van der Waals surface area contributed by atoms with Crippen molar-refractivity contribution in [3.63, 3.8) is 0 Å². The number of hydrogen-bond donors (Lipinski definition) is 0. The predicted molar refractivity (Wildman–Crippen MR) is 98.9 cm³/mol. The Kier molecular flexibility index (Phi) is 3.55. The first-order chi connectivity index (χ1) is 11.6. The molecular weight excluding hydrogens is 318 g/mol. The number of aryl methyl sites for hydroxylation is 1. The van der Waals surface area contributed by atoms with Gasteiger partial charge in [0.1, 0.15) is 0 Å². The molecule has 0 amide bonds. The number of benzene rings is 3. The van der Waals surface area contributed by atoms with Crippen LogP contribution in [0.4, 0.5) is 0 Å². The van der Waals surface area contributed by atoms with Crippen LogP contribution < -0.4 is 0 Å². The Morgan fingerprint density at radius 2 is 1.67 bits per heavy atom. The molecule has 0 saturated heterocycles. The van der Waals surface area contributed by atoms with Crippen molar-refractivity contribution in [1.82, 2.24) is 4.98 Å². The fraction of sp³-hybridized carbons (Fsp3) is 0.0476. The summed E-state index contributed by atoms with van der Waals surface area (Å²) in [5, 5.41) is 2.51. The van der Waals surface area contributed by atoms with Crippen LogP contribution in [0.15, 0.2) is 66.7 Å². The van der Waals surface area contributed by atoms with Gasteiger partial charge in [-0.3, -0.25) is 4.79 Å². The van der Waals surface area contributed by atoms with Gasteiger partial charge >= 0.3 is 0 Å². The summed E-state index contributed by atoms with van der Waals surface area (Å²) in [7, 11) is 0. The van der Waals surface area contributed by atoms with Crippen molar-refractivity contribution in [2.24, 2.45) is 0 Å². The SMILES string of the molecule is Cc1cccc2nc3c(C(=O)c4ccccc4Cl)cccc3cc12. The Bertz CT molecular complexity index is 1100. The lowest BCUT2D eigenvalue weighted by Crippen LogP contribution is -2.04. The van der Waals surface area contributed by atoms with E-state index >= 15 is 0 Å². The van der Waals surface area contributed by atoms with Gasteiger partial charge in [-0.1, -0.05) is 48.0 Å². The zero-order valence-corrected chi connectivity index (χ0v) is 13.8. The summed E-state index contributed by atoms with van der Waals surface area (Å²) >= 11 is 6.19. The first kappa shape index (κ1) is 14.9. The predicted octanol–water partition coefficient (Wildman–Crippen LogP) is 5.58. The van der Waals surface area contributed by atoms with Crippen LogP contribution in [-0.2, 0) is 0 Å². The third kappa shape index (κ3) is 2.36. The number of pyridine rings is 1. The number of ketones is 1. The first-order valence-electron chi connectivity index (χ1n) is 7.73. The number of carbonyl (C=O) groups excluding carboxylic acids is 1. The number of carbonyl (C=O) groups is 1. The minimum absolute atomic E-state index is 0.106. The van der Waals surface area contributed by atoms with Crippen LogP contribution in [0.2, 0.25) is 5.02 Å². The lowest BCUT2D eigenvalue weighted by Gasteiger charge is -2.09. The van der Waals surface area contributed by atoms with E-state index < -0.39 is 0 Å². The quantitative estimate of drug-likeness (QED) is 0.354. The molecule has 1 aromatic heterocycles. The molecule has 4 rings (SSSR count). The van der Waals surface area contributed by atoms with E-state index in [9.17, 15) is 4.79 Å². The van der Waals surface area contributed by atoms with Crippen LogP contribution in [0, 0.1) is 6.92 Å². The molecule has 3 aromatic carbocycles. The highest BCUT2D eigenvalue weighted by Gasteiger charge is 2.16. The summed E-state index contributed by atoms with van der Waals surface area (Å²) < 4.78 is 0. The number of nitrogens with zero attached hydrogens (tertiary/aromatic N) is 1. The number of rotatable bonds is 2. The van der Waals surface area contributed by atoms with E-state index in [1.807, 2.05) is 42.5 Å². The molecule has 0 atom stereocenters. The van der Waals surface area contributed by atoms with E-state index in [-0.39, 0.29) is 5.78 Å². The zero-order valence-electron chi connectivity index (χ0n) is 13.1. The van der Waals surface area contributed by atoms with Crippen molar-refractivity contribution in [2.45, 2.75) is 6.92 Å². The lowest BCUT2D eigenvalue weighted by molar-refractivity contribution is 0.104. The number of para-hydroxylation sites is 1.